The van der Waals surface area contributed by atoms with E-state index in [0.717, 1.165) is 19.3 Å². The lowest BCUT2D eigenvalue weighted by atomic mass is 9.90. The molecule has 2 aromatic carbocycles. The SMILES string of the molecule is COc1cc(C(=O)N2CCC(Cc3ccccc3)CC2)c([N+](=O)[O-])c(OC)c1OC. The maximum atomic E-state index is 13.2. The van der Waals surface area contributed by atoms with Gasteiger partial charge in [0.1, 0.15) is 5.56 Å². The smallest absolute Gasteiger partial charge is 0.327 e. The Balaban J connectivity index is 1.82. The van der Waals surface area contributed by atoms with Gasteiger partial charge in [0.2, 0.25) is 11.5 Å². The monoisotopic (exact) mass is 414 g/mol. The minimum absolute atomic E-state index is 0.0593. The third-order valence-electron chi connectivity index (χ3n) is 5.49. The maximum Gasteiger partial charge on any atom is 0.327 e. The first-order valence-electron chi connectivity index (χ1n) is 9.80. The van der Waals surface area contributed by atoms with Crippen molar-refractivity contribution in [3.8, 4) is 17.2 Å². The summed E-state index contributed by atoms with van der Waals surface area (Å²) in [5.74, 6) is 0.252. The zero-order valence-corrected chi connectivity index (χ0v) is 17.4. The van der Waals surface area contributed by atoms with Crippen LogP contribution in [0.1, 0.15) is 28.8 Å². The third-order valence-corrected chi connectivity index (χ3v) is 5.49. The highest BCUT2D eigenvalue weighted by atomic mass is 16.6. The number of likely N-dealkylation sites (tertiary alicyclic amines) is 1. The van der Waals surface area contributed by atoms with Crippen molar-refractivity contribution < 1.29 is 23.9 Å². The number of ether oxygens (including phenoxy) is 3. The molecule has 0 saturated carbocycles. The molecule has 2 aromatic rings. The average Bonchev–Trinajstić information content (AvgIpc) is 2.78. The maximum absolute atomic E-state index is 13.2. The zero-order valence-electron chi connectivity index (χ0n) is 17.4. The predicted octanol–water partition coefficient (Wildman–Crippen LogP) is 3.72. The summed E-state index contributed by atoms with van der Waals surface area (Å²) in [4.78, 5) is 26.0. The Morgan fingerprint density at radius 2 is 1.70 bits per heavy atom. The summed E-state index contributed by atoms with van der Waals surface area (Å²) < 4.78 is 15.7. The Morgan fingerprint density at radius 1 is 1.07 bits per heavy atom. The molecule has 0 radical (unpaired) electrons. The molecule has 8 heteroatoms. The number of carbonyl (C=O) groups is 1. The van der Waals surface area contributed by atoms with Crippen molar-refractivity contribution in [1.82, 2.24) is 4.90 Å². The number of nitro groups is 1. The molecule has 1 heterocycles. The van der Waals surface area contributed by atoms with E-state index < -0.39 is 16.5 Å². The van der Waals surface area contributed by atoms with E-state index >= 15 is 0 Å². The summed E-state index contributed by atoms with van der Waals surface area (Å²) in [7, 11) is 4.07. The van der Waals surface area contributed by atoms with Crippen LogP contribution < -0.4 is 14.2 Å². The summed E-state index contributed by atoms with van der Waals surface area (Å²) in [6, 6.07) is 11.6. The standard InChI is InChI=1S/C22H26N2O6/c1-28-18-14-17(19(24(26)27)21(30-3)20(18)29-2)22(25)23-11-9-16(10-12-23)13-15-7-5-4-6-8-15/h4-8,14,16H,9-13H2,1-3H3. The lowest BCUT2D eigenvalue weighted by Crippen LogP contribution is -2.39. The second-order valence-electron chi connectivity index (χ2n) is 7.22. The van der Waals surface area contributed by atoms with Crippen molar-refractivity contribution in [3.05, 3.63) is 57.6 Å². The molecule has 0 aromatic heterocycles. The highest BCUT2D eigenvalue weighted by molar-refractivity contribution is 6.00. The zero-order chi connectivity index (χ0) is 21.7. The molecule has 3 rings (SSSR count). The number of nitrogens with zero attached hydrogens (tertiary/aromatic N) is 2. The number of carbonyl (C=O) groups excluding carboxylic acids is 1. The number of hydrogen-bond donors (Lipinski definition) is 0. The van der Waals surface area contributed by atoms with Crippen LogP contribution in [0.3, 0.4) is 0 Å². The molecule has 1 aliphatic heterocycles. The van der Waals surface area contributed by atoms with Gasteiger partial charge in [-0.2, -0.15) is 0 Å². The lowest BCUT2D eigenvalue weighted by molar-refractivity contribution is -0.386. The van der Waals surface area contributed by atoms with Crippen LogP contribution in [0.25, 0.3) is 0 Å². The van der Waals surface area contributed by atoms with Gasteiger partial charge in [-0.05, 0) is 30.7 Å². The van der Waals surface area contributed by atoms with E-state index in [1.165, 1.54) is 33.0 Å². The van der Waals surface area contributed by atoms with Crippen molar-refractivity contribution >= 4 is 11.6 Å². The Morgan fingerprint density at radius 3 is 2.23 bits per heavy atom. The van der Waals surface area contributed by atoms with Crippen LogP contribution in [0.5, 0.6) is 17.2 Å². The van der Waals surface area contributed by atoms with Crippen LogP contribution in [-0.4, -0.2) is 50.1 Å². The van der Waals surface area contributed by atoms with Gasteiger partial charge in [0.05, 0.1) is 26.3 Å². The van der Waals surface area contributed by atoms with Crippen LogP contribution in [0.2, 0.25) is 0 Å². The number of methoxy groups -OCH3 is 3. The molecular formula is C22H26N2O6. The fourth-order valence-electron chi connectivity index (χ4n) is 3.94. The van der Waals surface area contributed by atoms with Crippen LogP contribution in [0.15, 0.2) is 36.4 Å². The molecule has 0 bridgehead atoms. The molecule has 0 unspecified atom stereocenters. The number of piperidine rings is 1. The van der Waals surface area contributed by atoms with Gasteiger partial charge in [0.15, 0.2) is 5.75 Å². The highest BCUT2D eigenvalue weighted by Gasteiger charge is 2.35. The summed E-state index contributed by atoms with van der Waals surface area (Å²) in [5, 5.41) is 11.8. The van der Waals surface area contributed by atoms with Crippen molar-refractivity contribution in [2.24, 2.45) is 5.92 Å². The number of nitro benzene ring substituents is 1. The lowest BCUT2D eigenvalue weighted by Gasteiger charge is -2.32. The van der Waals surface area contributed by atoms with Gasteiger partial charge in [-0.3, -0.25) is 14.9 Å². The molecule has 160 valence electrons. The number of rotatable bonds is 7. The first kappa shape index (κ1) is 21.4. The first-order valence-corrected chi connectivity index (χ1v) is 9.80. The first-order chi connectivity index (χ1) is 14.5. The fourth-order valence-corrected chi connectivity index (χ4v) is 3.94. The van der Waals surface area contributed by atoms with E-state index in [1.54, 1.807) is 4.90 Å². The predicted molar refractivity (Wildman–Crippen MR) is 112 cm³/mol. The molecule has 1 amide bonds. The molecule has 30 heavy (non-hydrogen) atoms. The molecule has 8 nitrogen and oxygen atoms in total. The summed E-state index contributed by atoms with van der Waals surface area (Å²) in [6.45, 7) is 1.09. The van der Waals surface area contributed by atoms with Gasteiger partial charge in [-0.15, -0.1) is 0 Å². The van der Waals surface area contributed by atoms with Gasteiger partial charge in [-0.25, -0.2) is 0 Å². The minimum Gasteiger partial charge on any atom is -0.493 e. The van der Waals surface area contributed by atoms with Crippen molar-refractivity contribution in [2.75, 3.05) is 34.4 Å². The average molecular weight is 414 g/mol. The normalized spacial score (nSPS) is 14.3. The van der Waals surface area contributed by atoms with E-state index in [4.69, 9.17) is 14.2 Å². The molecule has 1 saturated heterocycles. The van der Waals surface area contributed by atoms with E-state index in [2.05, 4.69) is 12.1 Å². The summed E-state index contributed by atoms with van der Waals surface area (Å²) in [6.07, 6.45) is 2.66. The van der Waals surface area contributed by atoms with Gasteiger partial charge in [0, 0.05) is 19.2 Å². The molecule has 0 spiro atoms. The van der Waals surface area contributed by atoms with Crippen LogP contribution >= 0.6 is 0 Å². The highest BCUT2D eigenvalue weighted by Crippen LogP contribution is 2.46. The van der Waals surface area contributed by atoms with Crippen molar-refractivity contribution in [2.45, 2.75) is 19.3 Å². The number of hydrogen-bond acceptors (Lipinski definition) is 6. The van der Waals surface area contributed by atoms with Crippen LogP contribution in [0, 0.1) is 16.0 Å². The van der Waals surface area contributed by atoms with E-state index in [1.807, 2.05) is 18.2 Å². The minimum atomic E-state index is -0.615. The van der Waals surface area contributed by atoms with Crippen molar-refractivity contribution in [1.29, 1.82) is 0 Å². The third kappa shape index (κ3) is 4.32. The molecule has 0 atom stereocenters. The van der Waals surface area contributed by atoms with Gasteiger partial charge < -0.3 is 19.1 Å². The van der Waals surface area contributed by atoms with Crippen molar-refractivity contribution in [3.63, 3.8) is 0 Å². The fraction of sp³-hybridized carbons (Fsp3) is 0.409. The molecule has 0 aliphatic carbocycles. The van der Waals surface area contributed by atoms with Gasteiger partial charge in [0.25, 0.3) is 5.91 Å². The second-order valence-corrected chi connectivity index (χ2v) is 7.22. The molecule has 1 aliphatic rings. The van der Waals surface area contributed by atoms with Gasteiger partial charge in [-0.1, -0.05) is 30.3 Å². The summed E-state index contributed by atoms with van der Waals surface area (Å²) in [5.41, 5.74) is 0.810. The number of benzene rings is 2. The Labute approximate surface area is 175 Å². The van der Waals surface area contributed by atoms with Crippen LogP contribution in [-0.2, 0) is 6.42 Å². The summed E-state index contributed by atoms with van der Waals surface area (Å²) >= 11 is 0. The largest absolute Gasteiger partial charge is 0.493 e. The second kappa shape index (κ2) is 9.47. The van der Waals surface area contributed by atoms with E-state index in [9.17, 15) is 14.9 Å². The quantitative estimate of drug-likeness (QED) is 0.507. The Kier molecular flexibility index (Phi) is 6.76. The molecule has 1 fully saturated rings. The molecule has 0 N–H and O–H groups in total. The number of amides is 1. The molecular weight excluding hydrogens is 388 g/mol. The Bertz CT molecular complexity index is 908. The Hall–Kier alpha value is -3.29. The van der Waals surface area contributed by atoms with E-state index in [-0.39, 0.29) is 22.8 Å². The van der Waals surface area contributed by atoms with E-state index in [0.29, 0.717) is 19.0 Å². The van der Waals surface area contributed by atoms with Gasteiger partial charge >= 0.3 is 5.69 Å². The van der Waals surface area contributed by atoms with Crippen LogP contribution in [0.4, 0.5) is 5.69 Å². The topological polar surface area (TPSA) is 91.1 Å².